The van der Waals surface area contributed by atoms with Crippen LogP contribution < -0.4 is 5.56 Å². The maximum absolute atomic E-state index is 12.5. The normalized spacial score (nSPS) is 11.2. The van der Waals surface area contributed by atoms with Gasteiger partial charge in [0, 0.05) is 5.56 Å². The second kappa shape index (κ2) is 4.85. The van der Waals surface area contributed by atoms with Crippen molar-refractivity contribution in [2.45, 2.75) is 6.43 Å². The highest BCUT2D eigenvalue weighted by molar-refractivity contribution is 5.83. The van der Waals surface area contributed by atoms with Gasteiger partial charge in [-0.15, -0.1) is 0 Å². The first-order valence-corrected chi connectivity index (χ1v) is 6.01. The van der Waals surface area contributed by atoms with Crippen LogP contribution in [0.15, 0.2) is 53.6 Å². The third-order valence-corrected chi connectivity index (χ3v) is 3.14. The molecule has 5 heteroatoms. The van der Waals surface area contributed by atoms with Gasteiger partial charge in [-0.1, -0.05) is 30.3 Å². The van der Waals surface area contributed by atoms with Gasteiger partial charge in [-0.25, -0.2) is 13.8 Å². The van der Waals surface area contributed by atoms with Crippen molar-refractivity contribution in [3.8, 4) is 11.1 Å². The van der Waals surface area contributed by atoms with E-state index in [-0.39, 0.29) is 11.1 Å². The molecule has 1 heterocycles. The Morgan fingerprint density at radius 2 is 1.70 bits per heavy atom. The number of fused-ring (bicyclic) bond motifs is 1. The summed E-state index contributed by atoms with van der Waals surface area (Å²) in [5.41, 5.74) is 2.00. The lowest BCUT2D eigenvalue weighted by atomic mass is 10.0. The fourth-order valence-electron chi connectivity index (χ4n) is 2.07. The summed E-state index contributed by atoms with van der Waals surface area (Å²) in [6.45, 7) is 0. The Morgan fingerprint density at radius 3 is 2.40 bits per heavy atom. The molecule has 0 aliphatic carbocycles. The average molecular weight is 272 g/mol. The number of aromatic amines is 1. The van der Waals surface area contributed by atoms with E-state index in [1.807, 2.05) is 0 Å². The van der Waals surface area contributed by atoms with Crippen LogP contribution in [0.2, 0.25) is 0 Å². The zero-order valence-corrected chi connectivity index (χ0v) is 10.3. The summed E-state index contributed by atoms with van der Waals surface area (Å²) >= 11 is 0. The molecular weight excluding hydrogens is 262 g/mol. The second-order valence-electron chi connectivity index (χ2n) is 4.39. The lowest BCUT2D eigenvalue weighted by Crippen LogP contribution is -2.05. The van der Waals surface area contributed by atoms with Gasteiger partial charge in [0.1, 0.15) is 0 Å². The summed E-state index contributed by atoms with van der Waals surface area (Å²) in [5.74, 6) is 0. The summed E-state index contributed by atoms with van der Waals surface area (Å²) in [4.78, 5) is 18.2. The standard InChI is InChI=1S/C15H10F2N2O/c16-14(17)10-3-1-9(2-4-10)11-5-6-12-13(7-11)18-8-19-15(12)20/h1-8,14H,(H,18,19,20). The van der Waals surface area contributed by atoms with Gasteiger partial charge in [0.15, 0.2) is 0 Å². The Hall–Kier alpha value is -2.56. The van der Waals surface area contributed by atoms with E-state index in [1.54, 1.807) is 30.3 Å². The highest BCUT2D eigenvalue weighted by Gasteiger charge is 2.07. The molecule has 0 bridgehead atoms. The van der Waals surface area contributed by atoms with Crippen molar-refractivity contribution < 1.29 is 8.78 Å². The van der Waals surface area contributed by atoms with E-state index in [9.17, 15) is 13.6 Å². The zero-order valence-electron chi connectivity index (χ0n) is 10.3. The molecule has 0 saturated carbocycles. The van der Waals surface area contributed by atoms with Gasteiger partial charge in [-0.2, -0.15) is 0 Å². The highest BCUT2D eigenvalue weighted by atomic mass is 19.3. The first kappa shape index (κ1) is 12.5. The van der Waals surface area contributed by atoms with Gasteiger partial charge in [0.25, 0.3) is 12.0 Å². The number of H-pyrrole nitrogens is 1. The smallest absolute Gasteiger partial charge is 0.263 e. The minimum Gasteiger partial charge on any atom is -0.313 e. The Labute approximate surface area is 112 Å². The fraction of sp³-hybridized carbons (Fsp3) is 0.0667. The lowest BCUT2D eigenvalue weighted by Gasteiger charge is -2.05. The van der Waals surface area contributed by atoms with E-state index < -0.39 is 6.43 Å². The Kier molecular flexibility index (Phi) is 3.02. The van der Waals surface area contributed by atoms with Gasteiger partial charge in [0.05, 0.1) is 17.2 Å². The largest absolute Gasteiger partial charge is 0.313 e. The van der Waals surface area contributed by atoms with Gasteiger partial charge in [-0.3, -0.25) is 4.79 Å². The van der Waals surface area contributed by atoms with Gasteiger partial charge in [-0.05, 0) is 23.3 Å². The average Bonchev–Trinajstić information content (AvgIpc) is 2.47. The summed E-state index contributed by atoms with van der Waals surface area (Å²) < 4.78 is 25.0. The summed E-state index contributed by atoms with van der Waals surface area (Å²) in [5, 5.41) is 0.500. The minimum absolute atomic E-state index is 0.0101. The molecule has 3 aromatic rings. The van der Waals surface area contributed by atoms with Crippen molar-refractivity contribution in [1.29, 1.82) is 0 Å². The van der Waals surface area contributed by atoms with E-state index in [0.29, 0.717) is 10.9 Å². The minimum atomic E-state index is -2.47. The van der Waals surface area contributed by atoms with Crippen LogP contribution in [0, 0.1) is 0 Å². The molecule has 1 aromatic heterocycles. The predicted molar refractivity (Wildman–Crippen MR) is 72.8 cm³/mol. The maximum atomic E-state index is 12.5. The van der Waals surface area contributed by atoms with E-state index in [4.69, 9.17) is 0 Å². The van der Waals surface area contributed by atoms with Gasteiger partial charge < -0.3 is 4.98 Å². The second-order valence-corrected chi connectivity index (χ2v) is 4.39. The number of alkyl halides is 2. The molecule has 0 unspecified atom stereocenters. The molecule has 20 heavy (non-hydrogen) atoms. The molecule has 0 saturated heterocycles. The first-order chi connectivity index (χ1) is 9.65. The first-order valence-electron chi connectivity index (χ1n) is 6.01. The molecule has 100 valence electrons. The van der Waals surface area contributed by atoms with Crippen LogP contribution in [-0.2, 0) is 0 Å². The molecule has 1 N–H and O–H groups in total. The molecule has 3 rings (SSSR count). The third-order valence-electron chi connectivity index (χ3n) is 3.14. The molecule has 2 aromatic carbocycles. The maximum Gasteiger partial charge on any atom is 0.263 e. The Morgan fingerprint density at radius 1 is 1.00 bits per heavy atom. The quantitative estimate of drug-likeness (QED) is 0.775. The number of nitrogens with zero attached hydrogens (tertiary/aromatic N) is 1. The molecule has 0 spiro atoms. The number of hydrogen-bond acceptors (Lipinski definition) is 2. The predicted octanol–water partition coefficient (Wildman–Crippen LogP) is 3.53. The van der Waals surface area contributed by atoms with Crippen molar-refractivity contribution in [2.75, 3.05) is 0 Å². The number of aromatic nitrogens is 2. The van der Waals surface area contributed by atoms with Crippen LogP contribution in [0.3, 0.4) is 0 Å². The Balaban J connectivity index is 2.08. The van der Waals surface area contributed by atoms with Crippen molar-refractivity contribution in [3.05, 3.63) is 64.7 Å². The SMILES string of the molecule is O=c1[nH]cnc2cc(-c3ccc(C(F)F)cc3)ccc12. The molecule has 0 atom stereocenters. The number of rotatable bonds is 2. The van der Waals surface area contributed by atoms with Crippen molar-refractivity contribution in [3.63, 3.8) is 0 Å². The molecule has 0 aliphatic rings. The highest BCUT2D eigenvalue weighted by Crippen LogP contribution is 2.25. The summed E-state index contributed by atoms with van der Waals surface area (Å²) in [6.07, 6.45) is -1.13. The number of hydrogen-bond donors (Lipinski definition) is 1. The van der Waals surface area contributed by atoms with Crippen LogP contribution in [-0.4, -0.2) is 9.97 Å². The monoisotopic (exact) mass is 272 g/mol. The topological polar surface area (TPSA) is 45.8 Å². The van der Waals surface area contributed by atoms with Crippen molar-refractivity contribution in [2.24, 2.45) is 0 Å². The summed E-state index contributed by atoms with van der Waals surface area (Å²) in [6, 6.07) is 11.3. The number of halogens is 2. The zero-order chi connectivity index (χ0) is 14.1. The molecule has 0 aliphatic heterocycles. The van der Waals surface area contributed by atoms with E-state index in [2.05, 4.69) is 9.97 Å². The Bertz CT molecular complexity index is 810. The van der Waals surface area contributed by atoms with Gasteiger partial charge in [0.2, 0.25) is 0 Å². The van der Waals surface area contributed by atoms with E-state index in [0.717, 1.165) is 11.1 Å². The molecule has 3 nitrogen and oxygen atoms in total. The van der Waals surface area contributed by atoms with Crippen LogP contribution in [0.1, 0.15) is 12.0 Å². The van der Waals surface area contributed by atoms with Crippen LogP contribution in [0.5, 0.6) is 0 Å². The molecular formula is C15H10F2N2O. The molecule has 0 radical (unpaired) electrons. The summed E-state index contributed by atoms with van der Waals surface area (Å²) in [7, 11) is 0. The molecule has 0 amide bonds. The van der Waals surface area contributed by atoms with Crippen molar-refractivity contribution in [1.82, 2.24) is 9.97 Å². The van der Waals surface area contributed by atoms with Crippen LogP contribution in [0.25, 0.3) is 22.0 Å². The van der Waals surface area contributed by atoms with E-state index in [1.165, 1.54) is 18.5 Å². The van der Waals surface area contributed by atoms with Crippen molar-refractivity contribution >= 4 is 10.9 Å². The van der Waals surface area contributed by atoms with E-state index >= 15 is 0 Å². The lowest BCUT2D eigenvalue weighted by molar-refractivity contribution is 0.151. The number of benzene rings is 2. The fourth-order valence-corrected chi connectivity index (χ4v) is 2.07. The number of nitrogens with one attached hydrogen (secondary N) is 1. The van der Waals surface area contributed by atoms with Crippen LogP contribution in [0.4, 0.5) is 8.78 Å². The molecule has 0 fully saturated rings. The van der Waals surface area contributed by atoms with Gasteiger partial charge >= 0.3 is 0 Å². The third kappa shape index (κ3) is 2.18. The van der Waals surface area contributed by atoms with Crippen LogP contribution >= 0.6 is 0 Å².